The van der Waals surface area contributed by atoms with Crippen molar-refractivity contribution in [2.75, 3.05) is 0 Å². The molecule has 1 aliphatic rings. The summed E-state index contributed by atoms with van der Waals surface area (Å²) in [7, 11) is 0. The van der Waals surface area contributed by atoms with Crippen LogP contribution in [0.2, 0.25) is 0 Å². The van der Waals surface area contributed by atoms with Gasteiger partial charge in [0.15, 0.2) is 11.6 Å². The van der Waals surface area contributed by atoms with Gasteiger partial charge < -0.3 is 5.11 Å². The van der Waals surface area contributed by atoms with E-state index in [2.05, 4.69) is 0 Å². The van der Waals surface area contributed by atoms with Gasteiger partial charge in [0.25, 0.3) is 0 Å². The summed E-state index contributed by atoms with van der Waals surface area (Å²) in [5.74, 6) is -2.22. The summed E-state index contributed by atoms with van der Waals surface area (Å²) >= 11 is 0. The normalized spacial score (nSPS) is 23.4. The zero-order valence-corrected chi connectivity index (χ0v) is 6.03. The standard InChI is InChI=1S/C10H9FO/c1-6-4-7-2-3-9(12)10(11)8(7)5-6/h2-3,5,12H,4H2,1H3/i1D3,2D,3D,5D. The minimum absolute atomic E-state index is 0.0218. The summed E-state index contributed by atoms with van der Waals surface area (Å²) in [4.78, 5) is 0. The van der Waals surface area contributed by atoms with Crippen molar-refractivity contribution >= 4 is 6.05 Å². The molecule has 0 radical (unpaired) electrons. The molecule has 2 rings (SSSR count). The summed E-state index contributed by atoms with van der Waals surface area (Å²) in [6.45, 7) is -2.55. The zero-order valence-electron chi connectivity index (χ0n) is 12.0. The van der Waals surface area contributed by atoms with Crippen LogP contribution in [-0.2, 0) is 6.42 Å². The summed E-state index contributed by atoms with van der Waals surface area (Å²) < 4.78 is 58.1. The van der Waals surface area contributed by atoms with Crippen molar-refractivity contribution < 1.29 is 17.7 Å². The molecule has 0 saturated carbocycles. The number of phenolic OH excluding ortho intramolecular Hbond substituents is 1. The average Bonchev–Trinajstić information content (AvgIpc) is 2.61. The van der Waals surface area contributed by atoms with Gasteiger partial charge in [0.05, 0.1) is 4.11 Å². The molecule has 1 aromatic rings. The number of hydrogen-bond donors (Lipinski definition) is 1. The van der Waals surface area contributed by atoms with Crippen LogP contribution in [0.4, 0.5) is 4.39 Å². The Morgan fingerprint density at radius 1 is 1.67 bits per heavy atom. The molecule has 0 unspecified atom stereocenters. The Hall–Kier alpha value is -1.31. The number of aromatic hydroxyl groups is 1. The molecule has 0 aromatic heterocycles. The van der Waals surface area contributed by atoms with E-state index in [0.29, 0.717) is 0 Å². The number of fused-ring (bicyclic) bond motifs is 1. The van der Waals surface area contributed by atoms with Crippen molar-refractivity contribution in [3.05, 3.63) is 34.6 Å². The Balaban J connectivity index is 2.75. The van der Waals surface area contributed by atoms with E-state index < -0.39 is 36.6 Å². The molecule has 0 fully saturated rings. The largest absolute Gasteiger partial charge is 0.505 e. The van der Waals surface area contributed by atoms with Crippen LogP contribution >= 0.6 is 0 Å². The second-order valence-electron chi connectivity index (χ2n) is 2.55. The van der Waals surface area contributed by atoms with Crippen molar-refractivity contribution in [2.24, 2.45) is 0 Å². The van der Waals surface area contributed by atoms with Crippen LogP contribution in [0.25, 0.3) is 6.05 Å². The van der Waals surface area contributed by atoms with E-state index >= 15 is 0 Å². The lowest BCUT2D eigenvalue weighted by molar-refractivity contribution is 0.431. The SMILES string of the molecule is [2H]C1=C(C([2H])([2H])[2H])Cc2c([2H])c([2H])c(O)c(F)c21. The van der Waals surface area contributed by atoms with Crippen molar-refractivity contribution in [1.82, 2.24) is 0 Å². The van der Waals surface area contributed by atoms with Gasteiger partial charge in [-0.2, -0.15) is 0 Å². The summed E-state index contributed by atoms with van der Waals surface area (Å²) in [6, 6.07) is -1.65. The van der Waals surface area contributed by atoms with Gasteiger partial charge in [-0.05, 0) is 24.9 Å². The molecule has 0 heterocycles. The fourth-order valence-electron chi connectivity index (χ4n) is 1.14. The van der Waals surface area contributed by atoms with Crippen LogP contribution in [0.15, 0.2) is 17.7 Å². The Kier molecular flexibility index (Phi) is 0.625. The molecular formula is C10H9FO. The number of allylic oxidation sites excluding steroid dienone is 1. The quantitative estimate of drug-likeness (QED) is 0.634. The van der Waals surface area contributed by atoms with Gasteiger partial charge in [-0.25, -0.2) is 4.39 Å². The Morgan fingerprint density at radius 3 is 3.25 bits per heavy atom. The topological polar surface area (TPSA) is 20.2 Å². The second kappa shape index (κ2) is 2.34. The molecule has 1 N–H and O–H groups in total. The van der Waals surface area contributed by atoms with Gasteiger partial charge in [-0.1, -0.05) is 17.7 Å². The first-order valence-electron chi connectivity index (χ1n) is 6.37. The molecule has 0 saturated heterocycles. The first kappa shape index (κ1) is 3.21. The van der Waals surface area contributed by atoms with Crippen LogP contribution in [0, 0.1) is 5.82 Å². The van der Waals surface area contributed by atoms with Crippen molar-refractivity contribution in [3.8, 4) is 5.75 Å². The minimum atomic E-state index is -2.55. The Morgan fingerprint density at radius 2 is 2.50 bits per heavy atom. The third-order valence-corrected chi connectivity index (χ3v) is 1.69. The highest BCUT2D eigenvalue weighted by atomic mass is 19.1. The highest BCUT2D eigenvalue weighted by molar-refractivity contribution is 5.65. The predicted octanol–water partition coefficient (Wildman–Crippen LogP) is 2.49. The summed E-state index contributed by atoms with van der Waals surface area (Å²) in [5, 5.41) is 9.33. The molecule has 2 heteroatoms. The molecule has 0 atom stereocenters. The molecular weight excluding hydrogens is 155 g/mol. The van der Waals surface area contributed by atoms with E-state index in [4.69, 9.17) is 8.22 Å². The van der Waals surface area contributed by atoms with Gasteiger partial charge in [0.1, 0.15) is 0 Å². The lowest BCUT2D eigenvalue weighted by Gasteiger charge is -2.00. The highest BCUT2D eigenvalue weighted by Gasteiger charge is 2.15. The van der Waals surface area contributed by atoms with Crippen molar-refractivity contribution in [3.63, 3.8) is 0 Å². The van der Waals surface area contributed by atoms with E-state index in [1.807, 2.05) is 0 Å². The molecule has 0 aliphatic heterocycles. The summed E-state index contributed by atoms with van der Waals surface area (Å²) in [5.41, 5.74) is -0.666. The second-order valence-corrected chi connectivity index (χ2v) is 2.55. The van der Waals surface area contributed by atoms with Gasteiger partial charge in [-0.3, -0.25) is 0 Å². The number of rotatable bonds is 0. The predicted molar refractivity (Wildman–Crippen MR) is 45.4 cm³/mol. The minimum Gasteiger partial charge on any atom is -0.505 e. The Bertz CT molecular complexity index is 575. The molecule has 1 aromatic carbocycles. The van der Waals surface area contributed by atoms with Gasteiger partial charge in [0.2, 0.25) is 0 Å². The lowest BCUT2D eigenvalue weighted by atomic mass is 10.1. The molecule has 12 heavy (non-hydrogen) atoms. The van der Waals surface area contributed by atoms with Crippen LogP contribution < -0.4 is 0 Å². The van der Waals surface area contributed by atoms with Crippen LogP contribution in [0.3, 0.4) is 0 Å². The first-order valence-corrected chi connectivity index (χ1v) is 3.37. The van der Waals surface area contributed by atoms with Crippen LogP contribution in [0.5, 0.6) is 5.75 Å². The maximum Gasteiger partial charge on any atom is 0.172 e. The van der Waals surface area contributed by atoms with E-state index in [1.54, 1.807) is 0 Å². The van der Waals surface area contributed by atoms with E-state index in [0.717, 1.165) is 0 Å². The van der Waals surface area contributed by atoms with Crippen LogP contribution in [-0.4, -0.2) is 5.11 Å². The zero-order chi connectivity index (χ0) is 13.8. The lowest BCUT2D eigenvalue weighted by Crippen LogP contribution is -1.87. The van der Waals surface area contributed by atoms with Crippen LogP contribution in [0.1, 0.15) is 26.2 Å². The molecule has 0 spiro atoms. The molecule has 0 amide bonds. The van der Waals surface area contributed by atoms with Gasteiger partial charge >= 0.3 is 0 Å². The third kappa shape index (κ3) is 0.916. The van der Waals surface area contributed by atoms with Gasteiger partial charge in [0, 0.05) is 9.68 Å². The highest BCUT2D eigenvalue weighted by Crippen LogP contribution is 2.31. The van der Waals surface area contributed by atoms with Crippen molar-refractivity contribution in [2.45, 2.75) is 13.3 Å². The number of phenols is 1. The fraction of sp³-hybridized carbons (Fsp3) is 0.200. The Labute approximate surface area is 78.6 Å². The maximum absolute atomic E-state index is 13.8. The number of hydrogen-bond acceptors (Lipinski definition) is 1. The smallest absolute Gasteiger partial charge is 0.172 e. The van der Waals surface area contributed by atoms with E-state index in [9.17, 15) is 9.50 Å². The maximum atomic E-state index is 13.8. The molecule has 1 aliphatic carbocycles. The third-order valence-electron chi connectivity index (χ3n) is 1.69. The summed E-state index contributed by atoms with van der Waals surface area (Å²) in [6.07, 6.45) is -0.257. The fourth-order valence-corrected chi connectivity index (χ4v) is 1.14. The van der Waals surface area contributed by atoms with E-state index in [-0.39, 0.29) is 23.1 Å². The van der Waals surface area contributed by atoms with E-state index in [1.165, 1.54) is 0 Å². The monoisotopic (exact) mass is 170 g/mol. The number of halogens is 1. The molecule has 0 bridgehead atoms. The average molecular weight is 170 g/mol. The number of benzene rings is 1. The molecule has 62 valence electrons. The van der Waals surface area contributed by atoms with Crippen molar-refractivity contribution in [1.29, 1.82) is 0 Å². The molecule has 1 nitrogen and oxygen atoms in total. The van der Waals surface area contributed by atoms with Gasteiger partial charge in [-0.15, -0.1) is 0 Å². The first-order chi connectivity index (χ1) is 8.16.